The van der Waals surface area contributed by atoms with Crippen molar-refractivity contribution in [3.8, 4) is 0 Å². The largest absolute Gasteiger partial charge is 0.379 e. The van der Waals surface area contributed by atoms with E-state index in [9.17, 15) is 4.79 Å². The highest BCUT2D eigenvalue weighted by Crippen LogP contribution is 2.09. The monoisotopic (exact) mass is 381 g/mol. The fourth-order valence-corrected chi connectivity index (χ4v) is 3.06. The Hall–Kier alpha value is -0.830. The summed E-state index contributed by atoms with van der Waals surface area (Å²) >= 11 is 0. The van der Waals surface area contributed by atoms with E-state index in [1.54, 1.807) is 0 Å². The summed E-state index contributed by atoms with van der Waals surface area (Å²) in [6.07, 6.45) is 23.4. The molecule has 0 saturated carbocycles. The van der Waals surface area contributed by atoms with Gasteiger partial charge in [-0.2, -0.15) is 0 Å². The van der Waals surface area contributed by atoms with Crippen molar-refractivity contribution in [2.45, 2.75) is 123 Å². The zero-order valence-electron chi connectivity index (χ0n) is 18.6. The number of rotatable bonds is 20. The summed E-state index contributed by atoms with van der Waals surface area (Å²) in [5.74, 6) is 0.192. The molecule has 0 atom stereocenters. The van der Waals surface area contributed by atoms with Gasteiger partial charge in [0.2, 0.25) is 5.91 Å². The zero-order chi connectivity index (χ0) is 20.0. The second-order valence-corrected chi connectivity index (χ2v) is 7.96. The fourth-order valence-electron chi connectivity index (χ4n) is 3.06. The Kier molecular flexibility index (Phi) is 20.8. The van der Waals surface area contributed by atoms with Gasteiger partial charge >= 0.3 is 0 Å². The van der Waals surface area contributed by atoms with Crippen LogP contribution in [0.15, 0.2) is 12.2 Å². The van der Waals surface area contributed by atoms with Gasteiger partial charge < -0.3 is 10.1 Å². The smallest absolute Gasteiger partial charge is 0.219 e. The highest BCUT2D eigenvalue weighted by Gasteiger charge is 2.00. The minimum Gasteiger partial charge on any atom is -0.379 e. The van der Waals surface area contributed by atoms with Gasteiger partial charge in [-0.15, -0.1) is 0 Å². The van der Waals surface area contributed by atoms with Gasteiger partial charge in [-0.05, 0) is 52.4 Å². The molecule has 0 rings (SSSR count). The van der Waals surface area contributed by atoms with E-state index in [1.165, 1.54) is 77.0 Å². The molecular formula is C24H47NO2. The first kappa shape index (κ1) is 26.2. The third-order valence-electron chi connectivity index (χ3n) is 4.76. The summed E-state index contributed by atoms with van der Waals surface area (Å²) in [4.78, 5) is 11.7. The minimum atomic E-state index is 0.192. The van der Waals surface area contributed by atoms with Crippen molar-refractivity contribution in [3.05, 3.63) is 12.2 Å². The topological polar surface area (TPSA) is 38.3 Å². The molecule has 1 N–H and O–H groups in total. The maximum Gasteiger partial charge on any atom is 0.219 e. The lowest BCUT2D eigenvalue weighted by Gasteiger charge is -2.08. The van der Waals surface area contributed by atoms with Crippen molar-refractivity contribution in [1.29, 1.82) is 0 Å². The van der Waals surface area contributed by atoms with E-state index in [0.717, 1.165) is 26.0 Å². The van der Waals surface area contributed by atoms with Crippen molar-refractivity contribution in [3.63, 3.8) is 0 Å². The molecule has 0 aromatic carbocycles. The number of allylic oxidation sites excluding steroid dienone is 2. The first-order valence-electron chi connectivity index (χ1n) is 11.7. The van der Waals surface area contributed by atoms with Gasteiger partial charge in [0.05, 0.1) is 6.10 Å². The van der Waals surface area contributed by atoms with E-state index < -0.39 is 0 Å². The van der Waals surface area contributed by atoms with Crippen LogP contribution in [0.4, 0.5) is 0 Å². The van der Waals surface area contributed by atoms with Crippen LogP contribution in [0.1, 0.15) is 117 Å². The van der Waals surface area contributed by atoms with Crippen LogP contribution in [-0.2, 0) is 9.53 Å². The predicted octanol–water partition coefficient (Wildman–Crippen LogP) is 6.96. The molecule has 3 heteroatoms. The molecule has 0 aliphatic heterocycles. The molecule has 0 aliphatic rings. The standard InChI is InChI=1S/C24H47NO2/c1-4-5-6-7-8-9-10-11-12-13-14-15-16-17-18-20-24(26)25-21-19-22-27-23(2)3/h11-12,23H,4-10,13-22H2,1-3H3,(H,25,26)/b12-11-. The van der Waals surface area contributed by atoms with Crippen molar-refractivity contribution < 1.29 is 9.53 Å². The van der Waals surface area contributed by atoms with Crippen LogP contribution in [0, 0.1) is 0 Å². The maximum atomic E-state index is 11.7. The Labute approximate surface area is 169 Å². The van der Waals surface area contributed by atoms with Gasteiger partial charge in [0, 0.05) is 19.6 Å². The molecule has 0 fully saturated rings. The van der Waals surface area contributed by atoms with Crippen LogP contribution in [0.2, 0.25) is 0 Å². The highest BCUT2D eigenvalue weighted by molar-refractivity contribution is 5.75. The molecule has 0 aromatic rings. The molecule has 160 valence electrons. The average molecular weight is 382 g/mol. The first-order chi connectivity index (χ1) is 13.2. The Morgan fingerprint density at radius 3 is 1.96 bits per heavy atom. The summed E-state index contributed by atoms with van der Waals surface area (Å²) in [5.41, 5.74) is 0. The first-order valence-corrected chi connectivity index (χ1v) is 11.7. The van der Waals surface area contributed by atoms with E-state index >= 15 is 0 Å². The molecule has 0 bridgehead atoms. The number of hydrogen-bond acceptors (Lipinski definition) is 2. The summed E-state index contributed by atoms with van der Waals surface area (Å²) in [6, 6.07) is 0. The van der Waals surface area contributed by atoms with Crippen molar-refractivity contribution in [2.75, 3.05) is 13.2 Å². The molecule has 1 amide bonds. The van der Waals surface area contributed by atoms with Gasteiger partial charge in [0.1, 0.15) is 0 Å². The van der Waals surface area contributed by atoms with E-state index in [4.69, 9.17) is 4.74 Å². The van der Waals surface area contributed by atoms with E-state index in [0.29, 0.717) is 6.42 Å². The van der Waals surface area contributed by atoms with Gasteiger partial charge in [-0.25, -0.2) is 0 Å². The predicted molar refractivity (Wildman–Crippen MR) is 118 cm³/mol. The Bertz CT molecular complexity index is 339. The molecule has 0 aromatic heterocycles. The van der Waals surface area contributed by atoms with Crippen LogP contribution in [0.25, 0.3) is 0 Å². The molecule has 0 heterocycles. The van der Waals surface area contributed by atoms with Crippen molar-refractivity contribution >= 4 is 5.91 Å². The second kappa shape index (κ2) is 21.5. The number of nitrogens with one attached hydrogen (secondary N) is 1. The fraction of sp³-hybridized carbons (Fsp3) is 0.875. The minimum absolute atomic E-state index is 0.192. The molecule has 27 heavy (non-hydrogen) atoms. The molecule has 0 saturated heterocycles. The SMILES string of the molecule is CCCCCCCC/C=C\CCCCCCCC(=O)NCCCOC(C)C. The number of ether oxygens (including phenoxy) is 1. The second-order valence-electron chi connectivity index (χ2n) is 7.96. The molecule has 0 aliphatic carbocycles. The normalized spacial score (nSPS) is 11.6. The summed E-state index contributed by atoms with van der Waals surface area (Å²) in [5, 5.41) is 2.98. The lowest BCUT2D eigenvalue weighted by atomic mass is 10.1. The van der Waals surface area contributed by atoms with E-state index in [-0.39, 0.29) is 12.0 Å². The lowest BCUT2D eigenvalue weighted by Crippen LogP contribution is -2.25. The highest BCUT2D eigenvalue weighted by atomic mass is 16.5. The van der Waals surface area contributed by atoms with Gasteiger partial charge in [-0.3, -0.25) is 4.79 Å². The zero-order valence-corrected chi connectivity index (χ0v) is 18.6. The van der Waals surface area contributed by atoms with Crippen LogP contribution in [0.3, 0.4) is 0 Å². The summed E-state index contributed by atoms with van der Waals surface area (Å²) in [7, 11) is 0. The van der Waals surface area contributed by atoms with Crippen LogP contribution in [0.5, 0.6) is 0 Å². The number of unbranched alkanes of at least 4 members (excludes halogenated alkanes) is 11. The number of amides is 1. The molecule has 0 spiro atoms. The quantitative estimate of drug-likeness (QED) is 0.183. The van der Waals surface area contributed by atoms with E-state index in [2.05, 4.69) is 24.4 Å². The summed E-state index contributed by atoms with van der Waals surface area (Å²) < 4.78 is 5.46. The van der Waals surface area contributed by atoms with Crippen LogP contribution < -0.4 is 5.32 Å². The number of carbonyl (C=O) groups excluding carboxylic acids is 1. The molecular weight excluding hydrogens is 334 g/mol. The van der Waals surface area contributed by atoms with Crippen LogP contribution >= 0.6 is 0 Å². The average Bonchev–Trinajstić information content (AvgIpc) is 2.64. The number of carbonyl (C=O) groups is 1. The molecule has 0 radical (unpaired) electrons. The van der Waals surface area contributed by atoms with Crippen LogP contribution in [-0.4, -0.2) is 25.2 Å². The van der Waals surface area contributed by atoms with Gasteiger partial charge in [0.15, 0.2) is 0 Å². The van der Waals surface area contributed by atoms with Gasteiger partial charge in [-0.1, -0.05) is 70.4 Å². The number of hydrogen-bond donors (Lipinski definition) is 1. The Balaban J connectivity index is 3.21. The maximum absolute atomic E-state index is 11.7. The Morgan fingerprint density at radius 2 is 1.37 bits per heavy atom. The van der Waals surface area contributed by atoms with Crippen molar-refractivity contribution in [1.82, 2.24) is 5.32 Å². The summed E-state index contributed by atoms with van der Waals surface area (Å²) in [6.45, 7) is 7.80. The molecule has 3 nitrogen and oxygen atoms in total. The molecule has 0 unspecified atom stereocenters. The third-order valence-corrected chi connectivity index (χ3v) is 4.76. The third kappa shape index (κ3) is 23.1. The van der Waals surface area contributed by atoms with Crippen molar-refractivity contribution in [2.24, 2.45) is 0 Å². The lowest BCUT2D eigenvalue weighted by molar-refractivity contribution is -0.121. The Morgan fingerprint density at radius 1 is 0.815 bits per heavy atom. The van der Waals surface area contributed by atoms with E-state index in [1.807, 2.05) is 13.8 Å². The van der Waals surface area contributed by atoms with Gasteiger partial charge in [0.25, 0.3) is 0 Å².